The van der Waals surface area contributed by atoms with Crippen LogP contribution < -0.4 is 0 Å². The zero-order valence-electron chi connectivity index (χ0n) is 13.9. The molecule has 1 aromatic carbocycles. The molecule has 1 aliphatic carbocycles. The maximum absolute atomic E-state index is 9.23. The fraction of sp³-hybridized carbons (Fsp3) is 0.632. The lowest BCUT2D eigenvalue weighted by molar-refractivity contribution is 0.141. The van der Waals surface area contributed by atoms with Gasteiger partial charge in [-0.15, -0.1) is 0 Å². The average molecular weight is 303 g/mol. The summed E-state index contributed by atoms with van der Waals surface area (Å²) in [7, 11) is 0. The molecule has 1 fully saturated rings. The Labute approximate surface area is 134 Å². The number of hydrogen-bond donors (Lipinski definition) is 1. The van der Waals surface area contributed by atoms with Crippen LogP contribution in [-0.2, 0) is 11.3 Å². The van der Waals surface area contributed by atoms with Crippen LogP contribution in [0.1, 0.15) is 57.1 Å². The SMILES string of the molecule is CCCCO/N=C(\C)c1ccc(C[C@H]2CC[C@H](CO)C2)cc1. The van der Waals surface area contributed by atoms with E-state index in [1.54, 1.807) is 0 Å². The standard InChI is InChI=1S/C19H29NO2/c1-3-4-11-22-20-15(2)19-9-7-16(8-10-19)12-17-5-6-18(13-17)14-21/h7-10,17-18,21H,3-6,11-14H2,1-2H3/b20-15+/t17-,18+/m1/s1. The van der Waals surface area contributed by atoms with Crippen molar-refractivity contribution >= 4 is 5.71 Å². The predicted octanol–water partition coefficient (Wildman–Crippen LogP) is 4.18. The summed E-state index contributed by atoms with van der Waals surface area (Å²) in [6.07, 6.45) is 6.90. The normalized spacial score (nSPS) is 22.0. The van der Waals surface area contributed by atoms with Gasteiger partial charge in [-0.05, 0) is 62.0 Å². The first kappa shape index (κ1) is 17.0. The lowest BCUT2D eigenvalue weighted by atomic mass is 9.96. The van der Waals surface area contributed by atoms with Crippen molar-refractivity contribution in [2.45, 2.75) is 52.4 Å². The second kappa shape index (κ2) is 8.94. The summed E-state index contributed by atoms with van der Waals surface area (Å²) in [5.74, 6) is 1.26. The first-order valence-corrected chi connectivity index (χ1v) is 8.59. The highest BCUT2D eigenvalue weighted by Crippen LogP contribution is 2.32. The summed E-state index contributed by atoms with van der Waals surface area (Å²) in [6.45, 7) is 5.18. The zero-order valence-corrected chi connectivity index (χ0v) is 13.9. The number of hydrogen-bond acceptors (Lipinski definition) is 3. The van der Waals surface area contributed by atoms with Gasteiger partial charge in [0.05, 0.1) is 5.71 Å². The Morgan fingerprint density at radius 3 is 2.59 bits per heavy atom. The van der Waals surface area contributed by atoms with E-state index in [0.29, 0.717) is 19.1 Å². The van der Waals surface area contributed by atoms with Gasteiger partial charge in [-0.1, -0.05) is 42.8 Å². The minimum absolute atomic E-state index is 0.350. The van der Waals surface area contributed by atoms with Crippen LogP contribution in [0.2, 0.25) is 0 Å². The van der Waals surface area contributed by atoms with E-state index in [2.05, 4.69) is 36.3 Å². The number of nitrogens with zero attached hydrogens (tertiary/aromatic N) is 1. The molecule has 2 rings (SSSR count). The fourth-order valence-electron chi connectivity index (χ4n) is 3.15. The molecular formula is C19H29NO2. The molecule has 1 aliphatic rings. The Balaban J connectivity index is 1.84. The van der Waals surface area contributed by atoms with Crippen molar-refractivity contribution in [1.82, 2.24) is 0 Å². The number of unbranched alkanes of at least 4 members (excludes halogenated alkanes) is 1. The minimum Gasteiger partial charge on any atom is -0.396 e. The Bertz CT molecular complexity index is 467. The zero-order chi connectivity index (χ0) is 15.8. The summed E-state index contributed by atoms with van der Waals surface area (Å²) in [6, 6.07) is 8.67. The van der Waals surface area contributed by atoms with Gasteiger partial charge in [-0.2, -0.15) is 0 Å². The topological polar surface area (TPSA) is 41.8 Å². The van der Waals surface area contributed by atoms with Crippen molar-refractivity contribution in [2.24, 2.45) is 17.0 Å². The average Bonchev–Trinajstić information content (AvgIpc) is 3.00. The van der Waals surface area contributed by atoms with Gasteiger partial charge in [0.1, 0.15) is 6.61 Å². The van der Waals surface area contributed by atoms with Crippen LogP contribution in [-0.4, -0.2) is 24.0 Å². The third-order valence-electron chi connectivity index (χ3n) is 4.59. The third-order valence-corrected chi connectivity index (χ3v) is 4.59. The van der Waals surface area contributed by atoms with E-state index in [1.807, 2.05) is 6.92 Å². The summed E-state index contributed by atoms with van der Waals surface area (Å²) >= 11 is 0. The number of aliphatic hydroxyl groups is 1. The van der Waals surface area contributed by atoms with Gasteiger partial charge in [-0.25, -0.2) is 0 Å². The van der Waals surface area contributed by atoms with E-state index in [-0.39, 0.29) is 0 Å². The second-order valence-electron chi connectivity index (χ2n) is 6.49. The molecule has 1 aromatic rings. The van der Waals surface area contributed by atoms with Crippen molar-refractivity contribution in [1.29, 1.82) is 0 Å². The molecule has 1 N–H and O–H groups in total. The van der Waals surface area contributed by atoms with E-state index >= 15 is 0 Å². The lowest BCUT2D eigenvalue weighted by Crippen LogP contribution is -2.04. The summed E-state index contributed by atoms with van der Waals surface area (Å²) in [5.41, 5.74) is 3.44. The van der Waals surface area contributed by atoms with Crippen LogP contribution in [0.15, 0.2) is 29.4 Å². The quantitative estimate of drug-likeness (QED) is 0.445. The van der Waals surface area contributed by atoms with Gasteiger partial charge in [0.25, 0.3) is 0 Å². The van der Waals surface area contributed by atoms with Crippen molar-refractivity contribution in [2.75, 3.05) is 13.2 Å². The Hall–Kier alpha value is -1.35. The molecule has 0 saturated heterocycles. The van der Waals surface area contributed by atoms with Gasteiger partial charge in [0.15, 0.2) is 0 Å². The van der Waals surface area contributed by atoms with E-state index in [4.69, 9.17) is 4.84 Å². The fourth-order valence-corrected chi connectivity index (χ4v) is 3.15. The molecule has 1 saturated carbocycles. The van der Waals surface area contributed by atoms with Gasteiger partial charge in [0.2, 0.25) is 0 Å². The predicted molar refractivity (Wildman–Crippen MR) is 91.1 cm³/mol. The molecule has 3 nitrogen and oxygen atoms in total. The molecule has 22 heavy (non-hydrogen) atoms. The second-order valence-corrected chi connectivity index (χ2v) is 6.49. The highest BCUT2D eigenvalue weighted by atomic mass is 16.6. The monoisotopic (exact) mass is 303 g/mol. The number of benzene rings is 1. The van der Waals surface area contributed by atoms with E-state index in [1.165, 1.54) is 24.8 Å². The van der Waals surface area contributed by atoms with Gasteiger partial charge in [-0.3, -0.25) is 0 Å². The molecule has 2 atom stereocenters. The van der Waals surface area contributed by atoms with E-state index in [0.717, 1.165) is 36.5 Å². The van der Waals surface area contributed by atoms with Crippen LogP contribution in [0.3, 0.4) is 0 Å². The van der Waals surface area contributed by atoms with Crippen LogP contribution >= 0.6 is 0 Å². The Morgan fingerprint density at radius 2 is 1.95 bits per heavy atom. The maximum atomic E-state index is 9.23. The van der Waals surface area contributed by atoms with Crippen molar-refractivity contribution in [3.63, 3.8) is 0 Å². The molecule has 0 heterocycles. The maximum Gasteiger partial charge on any atom is 0.117 e. The number of aliphatic hydroxyl groups excluding tert-OH is 1. The van der Waals surface area contributed by atoms with Gasteiger partial charge < -0.3 is 9.94 Å². The van der Waals surface area contributed by atoms with Crippen LogP contribution in [0.25, 0.3) is 0 Å². The molecule has 0 bridgehead atoms. The molecule has 0 spiro atoms. The van der Waals surface area contributed by atoms with Gasteiger partial charge >= 0.3 is 0 Å². The lowest BCUT2D eigenvalue weighted by Gasteiger charge is -2.10. The largest absolute Gasteiger partial charge is 0.396 e. The van der Waals surface area contributed by atoms with Crippen molar-refractivity contribution < 1.29 is 9.94 Å². The first-order valence-electron chi connectivity index (χ1n) is 8.59. The molecule has 0 unspecified atom stereocenters. The molecule has 0 aliphatic heterocycles. The third kappa shape index (κ3) is 5.13. The van der Waals surface area contributed by atoms with Crippen LogP contribution in [0.4, 0.5) is 0 Å². The van der Waals surface area contributed by atoms with Crippen LogP contribution in [0, 0.1) is 11.8 Å². The van der Waals surface area contributed by atoms with Gasteiger partial charge in [0, 0.05) is 6.61 Å². The first-order chi connectivity index (χ1) is 10.7. The molecule has 0 aromatic heterocycles. The van der Waals surface area contributed by atoms with Crippen LogP contribution in [0.5, 0.6) is 0 Å². The Morgan fingerprint density at radius 1 is 1.23 bits per heavy atom. The minimum atomic E-state index is 0.350. The molecule has 0 amide bonds. The van der Waals surface area contributed by atoms with E-state index in [9.17, 15) is 5.11 Å². The number of oxime groups is 1. The highest BCUT2D eigenvalue weighted by Gasteiger charge is 2.23. The number of rotatable bonds is 8. The highest BCUT2D eigenvalue weighted by molar-refractivity contribution is 5.98. The Kier molecular flexibility index (Phi) is 6.91. The molecule has 3 heteroatoms. The molecule has 0 radical (unpaired) electrons. The van der Waals surface area contributed by atoms with Crippen molar-refractivity contribution in [3.8, 4) is 0 Å². The van der Waals surface area contributed by atoms with E-state index < -0.39 is 0 Å². The molecule has 122 valence electrons. The summed E-state index contributed by atoms with van der Waals surface area (Å²) in [4.78, 5) is 5.32. The molecular weight excluding hydrogens is 274 g/mol. The van der Waals surface area contributed by atoms with Crippen molar-refractivity contribution in [3.05, 3.63) is 35.4 Å². The smallest absolute Gasteiger partial charge is 0.117 e. The summed E-state index contributed by atoms with van der Waals surface area (Å²) < 4.78 is 0. The summed E-state index contributed by atoms with van der Waals surface area (Å²) in [5, 5.41) is 13.4.